The zero-order valence-corrected chi connectivity index (χ0v) is 17.2. The normalized spacial score (nSPS) is 21.6. The summed E-state index contributed by atoms with van der Waals surface area (Å²) >= 11 is 6.28. The second kappa shape index (κ2) is 7.45. The van der Waals surface area contributed by atoms with E-state index in [1.54, 1.807) is 0 Å². The van der Waals surface area contributed by atoms with Crippen LogP contribution in [0.15, 0.2) is 48.7 Å². The van der Waals surface area contributed by atoms with Gasteiger partial charge in [-0.2, -0.15) is 0 Å². The van der Waals surface area contributed by atoms with Crippen molar-refractivity contribution in [2.45, 2.75) is 49.9 Å². The van der Waals surface area contributed by atoms with Crippen molar-refractivity contribution in [2.75, 3.05) is 13.1 Å². The second-order valence-corrected chi connectivity index (χ2v) is 8.81. The first-order valence-corrected chi connectivity index (χ1v) is 10.9. The third kappa shape index (κ3) is 3.21. The van der Waals surface area contributed by atoms with Gasteiger partial charge < -0.3 is 4.90 Å². The average Bonchev–Trinajstić information content (AvgIpc) is 3.42. The molecular weight excluding hydrogens is 384 g/mol. The van der Waals surface area contributed by atoms with Crippen molar-refractivity contribution >= 4 is 23.2 Å². The number of hydrogen-bond donors (Lipinski definition) is 0. The van der Waals surface area contributed by atoms with E-state index in [4.69, 9.17) is 11.6 Å². The maximum absolute atomic E-state index is 13.9. The van der Waals surface area contributed by atoms with E-state index < -0.39 is 5.41 Å². The summed E-state index contributed by atoms with van der Waals surface area (Å²) in [7, 11) is 0. The molecule has 2 fully saturated rings. The highest BCUT2D eigenvalue weighted by molar-refractivity contribution is 6.30. The van der Waals surface area contributed by atoms with Crippen LogP contribution < -0.4 is 0 Å². The minimum atomic E-state index is -0.431. The lowest BCUT2D eigenvalue weighted by Crippen LogP contribution is -2.49. The van der Waals surface area contributed by atoms with E-state index in [1.807, 2.05) is 42.6 Å². The molecule has 2 aliphatic rings. The van der Waals surface area contributed by atoms with Crippen molar-refractivity contribution in [1.29, 1.82) is 0 Å². The Morgan fingerprint density at radius 3 is 2.76 bits per heavy atom. The molecule has 1 saturated carbocycles. The Balaban J connectivity index is 1.44. The van der Waals surface area contributed by atoms with Gasteiger partial charge in [0.2, 0.25) is 5.91 Å². The van der Waals surface area contributed by atoms with Gasteiger partial charge in [0.25, 0.3) is 0 Å². The predicted octanol–water partition coefficient (Wildman–Crippen LogP) is 4.60. The standard InChI is InChI=1S/C23H25ClN4O/c24-19-9-5-8-18(15-19)23(11-2-3-12-23)22(29)27-13-6-7-17(16-27)21-26-25-20-10-1-4-14-28(20)21/h1,4-5,8-10,14-15,17H,2-3,6-7,11-13,16H2. The zero-order chi connectivity index (χ0) is 19.8. The number of carbonyl (C=O) groups is 1. The number of piperidine rings is 1. The first-order chi connectivity index (χ1) is 14.2. The Morgan fingerprint density at radius 2 is 1.93 bits per heavy atom. The van der Waals surface area contributed by atoms with Gasteiger partial charge in [-0.1, -0.05) is 42.6 Å². The number of halogens is 1. The monoisotopic (exact) mass is 408 g/mol. The molecule has 5 rings (SSSR count). The topological polar surface area (TPSA) is 50.5 Å². The molecule has 1 atom stereocenters. The number of rotatable bonds is 3. The molecule has 0 bridgehead atoms. The number of nitrogens with zero attached hydrogens (tertiary/aromatic N) is 4. The van der Waals surface area contributed by atoms with Crippen LogP contribution in [0, 0.1) is 0 Å². The summed E-state index contributed by atoms with van der Waals surface area (Å²) in [5.74, 6) is 1.43. The number of aromatic nitrogens is 3. The molecule has 3 heterocycles. The lowest BCUT2D eigenvalue weighted by atomic mass is 9.77. The summed E-state index contributed by atoms with van der Waals surface area (Å²) < 4.78 is 2.06. The molecule has 1 unspecified atom stereocenters. The van der Waals surface area contributed by atoms with Crippen LogP contribution in [-0.4, -0.2) is 38.5 Å². The molecule has 0 radical (unpaired) electrons. The van der Waals surface area contributed by atoms with Crippen LogP contribution in [0.5, 0.6) is 0 Å². The number of amides is 1. The number of fused-ring (bicyclic) bond motifs is 1. The van der Waals surface area contributed by atoms with Crippen molar-refractivity contribution in [3.05, 3.63) is 65.1 Å². The maximum Gasteiger partial charge on any atom is 0.233 e. The molecule has 3 aromatic rings. The Labute approximate surface area is 175 Å². The Hall–Kier alpha value is -2.40. The largest absolute Gasteiger partial charge is 0.341 e. The summed E-state index contributed by atoms with van der Waals surface area (Å²) in [6, 6.07) is 13.8. The fraction of sp³-hybridized carbons (Fsp3) is 0.435. The van der Waals surface area contributed by atoms with Gasteiger partial charge in [0.1, 0.15) is 5.82 Å². The van der Waals surface area contributed by atoms with E-state index in [0.717, 1.165) is 62.1 Å². The number of likely N-dealkylation sites (tertiary alicyclic amines) is 1. The molecular formula is C23H25ClN4O. The molecule has 1 aliphatic carbocycles. The predicted molar refractivity (Wildman–Crippen MR) is 113 cm³/mol. The fourth-order valence-electron chi connectivity index (χ4n) is 5.20. The molecule has 1 aromatic carbocycles. The zero-order valence-electron chi connectivity index (χ0n) is 16.4. The van der Waals surface area contributed by atoms with Crippen molar-refractivity contribution < 1.29 is 4.79 Å². The Bertz CT molecular complexity index is 1040. The fourth-order valence-corrected chi connectivity index (χ4v) is 5.39. The smallest absolute Gasteiger partial charge is 0.233 e. The second-order valence-electron chi connectivity index (χ2n) is 8.38. The third-order valence-electron chi connectivity index (χ3n) is 6.66. The number of carbonyl (C=O) groups excluding carboxylic acids is 1. The molecule has 150 valence electrons. The Morgan fingerprint density at radius 1 is 1.07 bits per heavy atom. The van der Waals surface area contributed by atoms with Gasteiger partial charge in [-0.05, 0) is 55.5 Å². The van der Waals surface area contributed by atoms with Crippen LogP contribution in [0.2, 0.25) is 5.02 Å². The molecule has 6 heteroatoms. The Kier molecular flexibility index (Phi) is 4.78. The van der Waals surface area contributed by atoms with Crippen LogP contribution >= 0.6 is 11.6 Å². The van der Waals surface area contributed by atoms with Crippen molar-refractivity contribution in [1.82, 2.24) is 19.5 Å². The third-order valence-corrected chi connectivity index (χ3v) is 6.89. The van der Waals surface area contributed by atoms with Crippen LogP contribution in [0.3, 0.4) is 0 Å². The van der Waals surface area contributed by atoms with Crippen molar-refractivity contribution in [3.8, 4) is 0 Å². The molecule has 0 spiro atoms. The van der Waals surface area contributed by atoms with Crippen LogP contribution in [0.4, 0.5) is 0 Å². The van der Waals surface area contributed by atoms with Crippen LogP contribution in [0.1, 0.15) is 55.8 Å². The van der Waals surface area contributed by atoms with Gasteiger partial charge in [0, 0.05) is 30.2 Å². The summed E-state index contributed by atoms with van der Waals surface area (Å²) in [6.07, 6.45) is 8.01. The van der Waals surface area contributed by atoms with Crippen molar-refractivity contribution in [2.24, 2.45) is 0 Å². The summed E-state index contributed by atoms with van der Waals surface area (Å²) in [6.45, 7) is 1.52. The van der Waals surface area contributed by atoms with E-state index in [9.17, 15) is 4.79 Å². The van der Waals surface area contributed by atoms with Gasteiger partial charge in [-0.15, -0.1) is 10.2 Å². The van der Waals surface area contributed by atoms with E-state index >= 15 is 0 Å². The molecule has 0 N–H and O–H groups in total. The average molecular weight is 409 g/mol. The van der Waals surface area contributed by atoms with Gasteiger partial charge in [0.05, 0.1) is 5.41 Å². The highest BCUT2D eigenvalue weighted by Gasteiger charge is 2.46. The van der Waals surface area contributed by atoms with Gasteiger partial charge in [-0.25, -0.2) is 0 Å². The van der Waals surface area contributed by atoms with Gasteiger partial charge in [0.15, 0.2) is 5.65 Å². The van der Waals surface area contributed by atoms with Gasteiger partial charge >= 0.3 is 0 Å². The summed E-state index contributed by atoms with van der Waals surface area (Å²) in [5, 5.41) is 9.46. The maximum atomic E-state index is 13.9. The minimum absolute atomic E-state index is 0.211. The van der Waals surface area contributed by atoms with Crippen LogP contribution in [-0.2, 0) is 10.2 Å². The minimum Gasteiger partial charge on any atom is -0.341 e. The molecule has 1 amide bonds. The van der Waals surface area contributed by atoms with Gasteiger partial charge in [-0.3, -0.25) is 9.20 Å². The number of pyridine rings is 1. The van der Waals surface area contributed by atoms with E-state index in [0.29, 0.717) is 11.6 Å². The lowest BCUT2D eigenvalue weighted by molar-refractivity contribution is -0.138. The van der Waals surface area contributed by atoms with Crippen molar-refractivity contribution in [3.63, 3.8) is 0 Å². The summed E-state index contributed by atoms with van der Waals surface area (Å²) in [4.78, 5) is 15.9. The molecule has 1 saturated heterocycles. The number of hydrogen-bond acceptors (Lipinski definition) is 3. The molecule has 5 nitrogen and oxygen atoms in total. The number of benzene rings is 1. The van der Waals surface area contributed by atoms with E-state index in [-0.39, 0.29) is 11.8 Å². The van der Waals surface area contributed by atoms with E-state index in [1.165, 1.54) is 0 Å². The quantitative estimate of drug-likeness (QED) is 0.636. The molecule has 29 heavy (non-hydrogen) atoms. The van der Waals surface area contributed by atoms with E-state index in [2.05, 4.69) is 25.6 Å². The van der Waals surface area contributed by atoms with Crippen LogP contribution in [0.25, 0.3) is 5.65 Å². The highest BCUT2D eigenvalue weighted by atomic mass is 35.5. The molecule has 2 aromatic heterocycles. The highest BCUT2D eigenvalue weighted by Crippen LogP contribution is 2.44. The lowest BCUT2D eigenvalue weighted by Gasteiger charge is -2.39. The first-order valence-electron chi connectivity index (χ1n) is 10.5. The summed E-state index contributed by atoms with van der Waals surface area (Å²) in [5.41, 5.74) is 1.50. The molecule has 1 aliphatic heterocycles. The first kappa shape index (κ1) is 18.6. The SMILES string of the molecule is O=C(N1CCCC(c2nnc3ccccn23)C1)C1(c2cccc(Cl)c2)CCCC1.